The van der Waals surface area contributed by atoms with Gasteiger partial charge in [-0.2, -0.15) is 0 Å². The third-order valence-electron chi connectivity index (χ3n) is 3.67. The summed E-state index contributed by atoms with van der Waals surface area (Å²) in [4.78, 5) is 14.3. The van der Waals surface area contributed by atoms with Crippen molar-refractivity contribution >= 4 is 15.7 Å². The Morgan fingerprint density at radius 2 is 1.71 bits per heavy atom. The van der Waals surface area contributed by atoms with Crippen LogP contribution < -0.4 is 5.32 Å². The zero-order chi connectivity index (χ0) is 16.2. The van der Waals surface area contributed by atoms with Gasteiger partial charge in [-0.15, -0.1) is 0 Å². The zero-order valence-corrected chi connectivity index (χ0v) is 14.7. The molecular formula is C15H30N2O3S. The molecule has 0 aromatic heterocycles. The van der Waals surface area contributed by atoms with Gasteiger partial charge in [0.05, 0.1) is 18.0 Å². The number of carbonyl (C=O) groups is 1. The first-order valence-electron chi connectivity index (χ1n) is 7.84. The third kappa shape index (κ3) is 6.34. The van der Waals surface area contributed by atoms with Gasteiger partial charge in [-0.25, -0.2) is 8.42 Å². The van der Waals surface area contributed by atoms with E-state index in [4.69, 9.17) is 0 Å². The molecule has 1 saturated heterocycles. The molecule has 0 bridgehead atoms. The predicted molar refractivity (Wildman–Crippen MR) is 85.7 cm³/mol. The molecule has 0 saturated carbocycles. The fourth-order valence-electron chi connectivity index (χ4n) is 2.79. The van der Waals surface area contributed by atoms with E-state index in [9.17, 15) is 13.2 Å². The summed E-state index contributed by atoms with van der Waals surface area (Å²) in [6.45, 7) is 9.01. The van der Waals surface area contributed by atoms with Crippen LogP contribution in [0.4, 0.5) is 0 Å². The Kier molecular flexibility index (Phi) is 6.66. The van der Waals surface area contributed by atoms with Gasteiger partial charge in [0.1, 0.15) is 9.84 Å². The highest BCUT2D eigenvalue weighted by Gasteiger charge is 2.38. The van der Waals surface area contributed by atoms with E-state index in [0.29, 0.717) is 24.8 Å². The number of hydrogen-bond acceptors (Lipinski definition) is 4. The maximum absolute atomic E-state index is 12.5. The van der Waals surface area contributed by atoms with Gasteiger partial charge in [-0.05, 0) is 31.1 Å². The Balaban J connectivity index is 2.68. The summed E-state index contributed by atoms with van der Waals surface area (Å²) < 4.78 is 22.5. The minimum absolute atomic E-state index is 0.0424. The summed E-state index contributed by atoms with van der Waals surface area (Å²) >= 11 is 0. The summed E-state index contributed by atoms with van der Waals surface area (Å²) in [6, 6.07) is -0.119. The van der Waals surface area contributed by atoms with E-state index in [1.807, 2.05) is 4.90 Å². The fraction of sp³-hybridized carbons (Fsp3) is 0.933. The highest BCUT2D eigenvalue weighted by atomic mass is 32.2. The third-order valence-corrected chi connectivity index (χ3v) is 4.70. The second-order valence-electron chi connectivity index (χ2n) is 7.01. The molecule has 1 rings (SSSR count). The first-order valence-corrected chi connectivity index (χ1v) is 9.90. The molecule has 1 aliphatic rings. The van der Waals surface area contributed by atoms with Gasteiger partial charge in [0.2, 0.25) is 5.91 Å². The van der Waals surface area contributed by atoms with Crippen LogP contribution in [0.1, 0.15) is 47.0 Å². The van der Waals surface area contributed by atoms with Crippen molar-refractivity contribution in [1.82, 2.24) is 10.2 Å². The Labute approximate surface area is 129 Å². The largest absolute Gasteiger partial charge is 0.326 e. The van der Waals surface area contributed by atoms with Crippen molar-refractivity contribution < 1.29 is 13.2 Å². The average Bonchev–Trinajstić information content (AvgIpc) is 2.54. The second-order valence-corrected chi connectivity index (χ2v) is 9.27. The van der Waals surface area contributed by atoms with Crippen LogP contribution in [-0.4, -0.2) is 50.0 Å². The normalized spacial score (nSPS) is 23.6. The maximum Gasteiger partial charge on any atom is 0.241 e. The van der Waals surface area contributed by atoms with Crippen molar-refractivity contribution in [1.29, 1.82) is 0 Å². The number of carbonyl (C=O) groups excluding carboxylic acids is 1. The van der Waals surface area contributed by atoms with E-state index >= 15 is 0 Å². The number of hydrogen-bond donors (Lipinski definition) is 1. The quantitative estimate of drug-likeness (QED) is 0.739. The Hall–Kier alpha value is -0.620. The molecule has 0 aromatic carbocycles. The zero-order valence-electron chi connectivity index (χ0n) is 13.9. The van der Waals surface area contributed by atoms with Crippen molar-refractivity contribution in [2.45, 2.75) is 59.2 Å². The van der Waals surface area contributed by atoms with Gasteiger partial charge < -0.3 is 4.90 Å². The molecule has 21 heavy (non-hydrogen) atoms. The summed E-state index contributed by atoms with van der Waals surface area (Å²) in [5, 5.41) is 3.43. The Morgan fingerprint density at radius 3 is 2.19 bits per heavy atom. The predicted octanol–water partition coefficient (Wildman–Crippen LogP) is 1.64. The van der Waals surface area contributed by atoms with Gasteiger partial charge in [0.25, 0.3) is 0 Å². The minimum Gasteiger partial charge on any atom is -0.326 e. The van der Waals surface area contributed by atoms with Crippen LogP contribution in [0.25, 0.3) is 0 Å². The van der Waals surface area contributed by atoms with Crippen molar-refractivity contribution in [2.75, 3.05) is 18.6 Å². The minimum atomic E-state index is -2.96. The van der Waals surface area contributed by atoms with Crippen molar-refractivity contribution in [3.8, 4) is 0 Å². The van der Waals surface area contributed by atoms with Crippen LogP contribution >= 0.6 is 0 Å². The molecule has 1 heterocycles. The number of rotatable bonds is 8. The van der Waals surface area contributed by atoms with E-state index in [1.54, 1.807) is 0 Å². The number of sulfone groups is 1. The molecule has 1 fully saturated rings. The molecular weight excluding hydrogens is 288 g/mol. The number of nitrogens with one attached hydrogen (secondary N) is 1. The molecule has 124 valence electrons. The molecule has 2 atom stereocenters. The SMILES string of the molecule is CC(C)CC1NC(CC(C)C)N(CCCS(C)(=O)=O)C1=O. The topological polar surface area (TPSA) is 66.5 Å². The van der Waals surface area contributed by atoms with Gasteiger partial charge >= 0.3 is 0 Å². The maximum atomic E-state index is 12.5. The Morgan fingerprint density at radius 1 is 1.14 bits per heavy atom. The van der Waals surface area contributed by atoms with Crippen LogP contribution in [-0.2, 0) is 14.6 Å². The monoisotopic (exact) mass is 318 g/mol. The van der Waals surface area contributed by atoms with Crippen molar-refractivity contribution in [2.24, 2.45) is 11.8 Å². The fourth-order valence-corrected chi connectivity index (χ4v) is 3.45. The molecule has 1 aliphatic heterocycles. The van der Waals surface area contributed by atoms with Gasteiger partial charge in [-0.3, -0.25) is 10.1 Å². The van der Waals surface area contributed by atoms with Crippen LogP contribution in [0.15, 0.2) is 0 Å². The second kappa shape index (κ2) is 7.58. The van der Waals surface area contributed by atoms with E-state index < -0.39 is 9.84 Å². The first-order chi connectivity index (χ1) is 9.60. The van der Waals surface area contributed by atoms with Crippen LogP contribution in [0.2, 0.25) is 0 Å². The molecule has 2 unspecified atom stereocenters. The van der Waals surface area contributed by atoms with E-state index in [1.165, 1.54) is 6.26 Å². The molecule has 0 radical (unpaired) electrons. The number of nitrogens with zero attached hydrogens (tertiary/aromatic N) is 1. The van der Waals surface area contributed by atoms with Crippen molar-refractivity contribution in [3.63, 3.8) is 0 Å². The number of amides is 1. The first kappa shape index (κ1) is 18.4. The van der Waals surface area contributed by atoms with Crippen LogP contribution in [0.5, 0.6) is 0 Å². The van der Waals surface area contributed by atoms with Crippen LogP contribution in [0, 0.1) is 11.8 Å². The average molecular weight is 318 g/mol. The van der Waals surface area contributed by atoms with Crippen molar-refractivity contribution in [3.05, 3.63) is 0 Å². The lowest BCUT2D eigenvalue weighted by Gasteiger charge is -2.25. The lowest BCUT2D eigenvalue weighted by atomic mass is 10.0. The summed E-state index contributed by atoms with van der Waals surface area (Å²) in [7, 11) is -2.96. The smallest absolute Gasteiger partial charge is 0.241 e. The summed E-state index contributed by atoms with van der Waals surface area (Å²) in [6.07, 6.45) is 3.52. The van der Waals surface area contributed by atoms with E-state index in [-0.39, 0.29) is 23.9 Å². The molecule has 1 N–H and O–H groups in total. The lowest BCUT2D eigenvalue weighted by Crippen LogP contribution is -2.39. The molecule has 0 spiro atoms. The highest BCUT2D eigenvalue weighted by molar-refractivity contribution is 7.90. The molecule has 0 aromatic rings. The standard InChI is InChI=1S/C15H30N2O3S/c1-11(2)9-13-15(18)17(7-6-8-21(5,19)20)14(16-13)10-12(3)4/h11-14,16H,6-10H2,1-5H3. The molecule has 0 aliphatic carbocycles. The van der Waals surface area contributed by atoms with E-state index in [0.717, 1.165) is 12.8 Å². The van der Waals surface area contributed by atoms with E-state index in [2.05, 4.69) is 33.0 Å². The lowest BCUT2D eigenvalue weighted by molar-refractivity contribution is -0.130. The summed E-state index contributed by atoms with van der Waals surface area (Å²) in [5.74, 6) is 1.22. The molecule has 1 amide bonds. The highest BCUT2D eigenvalue weighted by Crippen LogP contribution is 2.21. The van der Waals surface area contributed by atoms with Crippen LogP contribution in [0.3, 0.4) is 0 Å². The van der Waals surface area contributed by atoms with Gasteiger partial charge in [0.15, 0.2) is 0 Å². The summed E-state index contributed by atoms with van der Waals surface area (Å²) in [5.41, 5.74) is 0. The van der Waals surface area contributed by atoms with Gasteiger partial charge in [0, 0.05) is 12.8 Å². The molecule has 6 heteroatoms. The molecule has 5 nitrogen and oxygen atoms in total. The Bertz CT molecular complexity index is 446. The van der Waals surface area contributed by atoms with Gasteiger partial charge in [-0.1, -0.05) is 27.7 Å².